The van der Waals surface area contributed by atoms with E-state index in [0.717, 1.165) is 18.5 Å². The highest BCUT2D eigenvalue weighted by molar-refractivity contribution is 6.33. The van der Waals surface area contributed by atoms with E-state index in [2.05, 4.69) is 5.16 Å². The normalized spacial score (nSPS) is 16.8. The summed E-state index contributed by atoms with van der Waals surface area (Å²) in [5, 5.41) is 4.10. The lowest BCUT2D eigenvalue weighted by Crippen LogP contribution is -1.78. The molecule has 0 aliphatic heterocycles. The number of hydrogen-bond donors (Lipinski definition) is 0. The highest BCUT2D eigenvalue weighted by Crippen LogP contribution is 2.43. The van der Waals surface area contributed by atoms with E-state index in [0.29, 0.717) is 17.2 Å². The number of carbonyl (C=O) groups is 1. The molecule has 1 saturated carbocycles. The van der Waals surface area contributed by atoms with Gasteiger partial charge < -0.3 is 4.52 Å². The number of halogens is 1. The minimum Gasteiger partial charge on any atom is -0.351 e. The van der Waals surface area contributed by atoms with Crippen molar-refractivity contribution in [2.24, 2.45) is 0 Å². The van der Waals surface area contributed by atoms with Crippen LogP contribution in [0.2, 0.25) is 5.02 Å². The first-order valence-electron chi connectivity index (χ1n) is 3.43. The van der Waals surface area contributed by atoms with Crippen molar-refractivity contribution in [3.8, 4) is 0 Å². The summed E-state index contributed by atoms with van der Waals surface area (Å²) in [7, 11) is 0. The molecule has 1 aliphatic carbocycles. The number of aldehydes is 1. The van der Waals surface area contributed by atoms with Gasteiger partial charge >= 0.3 is 0 Å². The van der Waals surface area contributed by atoms with Crippen LogP contribution in [-0.2, 0) is 0 Å². The van der Waals surface area contributed by atoms with Crippen molar-refractivity contribution < 1.29 is 9.32 Å². The average Bonchev–Trinajstić information content (AvgIpc) is 2.77. The number of hydrogen-bond acceptors (Lipinski definition) is 3. The van der Waals surface area contributed by atoms with Gasteiger partial charge in [-0.25, -0.2) is 0 Å². The summed E-state index contributed by atoms with van der Waals surface area (Å²) < 4.78 is 4.70. The van der Waals surface area contributed by atoms with Crippen LogP contribution in [0, 0.1) is 0 Å². The van der Waals surface area contributed by atoms with Gasteiger partial charge in [-0.2, -0.15) is 0 Å². The maximum Gasteiger partial charge on any atom is 0.218 e. The van der Waals surface area contributed by atoms with Gasteiger partial charge in [0.1, 0.15) is 10.7 Å². The molecule has 1 aliphatic rings. The Morgan fingerprint density at radius 1 is 1.64 bits per heavy atom. The van der Waals surface area contributed by atoms with E-state index < -0.39 is 0 Å². The van der Waals surface area contributed by atoms with Crippen molar-refractivity contribution in [3.05, 3.63) is 16.5 Å². The van der Waals surface area contributed by atoms with Crippen molar-refractivity contribution in [1.29, 1.82) is 0 Å². The Hall–Kier alpha value is -0.830. The average molecular weight is 172 g/mol. The monoisotopic (exact) mass is 171 g/mol. The Kier molecular flexibility index (Phi) is 1.46. The van der Waals surface area contributed by atoms with Crippen LogP contribution in [0.4, 0.5) is 0 Å². The van der Waals surface area contributed by atoms with Crippen molar-refractivity contribution in [1.82, 2.24) is 5.16 Å². The second-order valence-electron chi connectivity index (χ2n) is 2.64. The first-order chi connectivity index (χ1) is 5.33. The van der Waals surface area contributed by atoms with E-state index in [1.54, 1.807) is 0 Å². The number of rotatable bonds is 2. The quantitative estimate of drug-likeness (QED) is 0.640. The largest absolute Gasteiger partial charge is 0.351 e. The fraction of sp³-hybridized carbons (Fsp3) is 0.429. The van der Waals surface area contributed by atoms with Gasteiger partial charge in [0, 0.05) is 5.92 Å². The van der Waals surface area contributed by atoms with Crippen LogP contribution < -0.4 is 0 Å². The third kappa shape index (κ3) is 1.05. The second-order valence-corrected chi connectivity index (χ2v) is 3.02. The molecule has 11 heavy (non-hydrogen) atoms. The minimum atomic E-state index is 0.147. The summed E-state index contributed by atoms with van der Waals surface area (Å²) in [5.74, 6) is 0.577. The van der Waals surface area contributed by atoms with Crippen LogP contribution in [0.15, 0.2) is 4.52 Å². The predicted molar refractivity (Wildman–Crippen MR) is 38.9 cm³/mol. The van der Waals surface area contributed by atoms with Gasteiger partial charge in [0.05, 0.1) is 0 Å². The van der Waals surface area contributed by atoms with Crippen LogP contribution in [0.25, 0.3) is 0 Å². The zero-order chi connectivity index (χ0) is 7.84. The highest BCUT2D eigenvalue weighted by atomic mass is 35.5. The number of nitrogens with zero attached hydrogens (tertiary/aromatic N) is 1. The third-order valence-electron chi connectivity index (χ3n) is 1.75. The zero-order valence-corrected chi connectivity index (χ0v) is 6.47. The van der Waals surface area contributed by atoms with Gasteiger partial charge in [-0.1, -0.05) is 16.8 Å². The fourth-order valence-electron chi connectivity index (χ4n) is 0.988. The third-order valence-corrected chi connectivity index (χ3v) is 2.13. The van der Waals surface area contributed by atoms with E-state index in [1.807, 2.05) is 0 Å². The molecular weight excluding hydrogens is 166 g/mol. The van der Waals surface area contributed by atoms with E-state index in [4.69, 9.17) is 16.1 Å². The van der Waals surface area contributed by atoms with E-state index in [1.165, 1.54) is 0 Å². The molecule has 0 N–H and O–H groups in total. The van der Waals surface area contributed by atoms with Gasteiger partial charge in [0.2, 0.25) is 5.76 Å². The van der Waals surface area contributed by atoms with Crippen LogP contribution in [0.1, 0.15) is 35.0 Å². The topological polar surface area (TPSA) is 43.1 Å². The fourth-order valence-corrected chi connectivity index (χ4v) is 1.26. The Balaban J connectivity index is 2.40. The molecule has 2 rings (SSSR count). The lowest BCUT2D eigenvalue weighted by Gasteiger charge is -1.85. The molecule has 3 nitrogen and oxygen atoms in total. The Morgan fingerprint density at radius 2 is 2.36 bits per heavy atom. The SMILES string of the molecule is O=Cc1onc(C2CC2)c1Cl. The minimum absolute atomic E-state index is 0.147. The maximum absolute atomic E-state index is 10.3. The highest BCUT2D eigenvalue weighted by Gasteiger charge is 2.30. The zero-order valence-electron chi connectivity index (χ0n) is 5.71. The summed E-state index contributed by atoms with van der Waals surface area (Å²) in [6.07, 6.45) is 2.79. The van der Waals surface area contributed by atoms with Crippen molar-refractivity contribution in [2.75, 3.05) is 0 Å². The lowest BCUT2D eigenvalue weighted by atomic mass is 10.3. The number of carbonyl (C=O) groups excluding carboxylic acids is 1. The Labute approximate surface area is 68.3 Å². The van der Waals surface area contributed by atoms with Gasteiger partial charge in [-0.3, -0.25) is 4.79 Å². The van der Waals surface area contributed by atoms with Crippen molar-refractivity contribution in [3.63, 3.8) is 0 Å². The molecular formula is C7H6ClNO2. The van der Waals surface area contributed by atoms with E-state index in [-0.39, 0.29) is 5.76 Å². The molecule has 0 atom stereocenters. The lowest BCUT2D eigenvalue weighted by molar-refractivity contribution is 0.109. The molecule has 1 aromatic heterocycles. The van der Waals surface area contributed by atoms with Crippen LogP contribution in [-0.4, -0.2) is 11.4 Å². The number of aromatic nitrogens is 1. The Bertz CT molecular complexity index is 291. The molecule has 0 unspecified atom stereocenters. The summed E-state index contributed by atoms with van der Waals surface area (Å²) in [4.78, 5) is 10.3. The summed E-state index contributed by atoms with van der Waals surface area (Å²) in [6, 6.07) is 0. The molecule has 0 spiro atoms. The predicted octanol–water partition coefficient (Wildman–Crippen LogP) is 2.02. The van der Waals surface area contributed by atoms with Crippen LogP contribution in [0.5, 0.6) is 0 Å². The molecule has 1 fully saturated rings. The van der Waals surface area contributed by atoms with Crippen LogP contribution in [0.3, 0.4) is 0 Å². The maximum atomic E-state index is 10.3. The van der Waals surface area contributed by atoms with Gasteiger partial charge in [-0.05, 0) is 12.8 Å². The first-order valence-corrected chi connectivity index (χ1v) is 3.81. The van der Waals surface area contributed by atoms with Gasteiger partial charge in [0.25, 0.3) is 0 Å². The Morgan fingerprint density at radius 3 is 2.82 bits per heavy atom. The first kappa shape index (κ1) is 6.85. The second kappa shape index (κ2) is 2.34. The molecule has 0 bridgehead atoms. The molecule has 4 heteroatoms. The standard InChI is InChI=1S/C7H6ClNO2/c8-6-5(3-10)11-9-7(6)4-1-2-4/h3-4H,1-2H2. The molecule has 58 valence electrons. The summed E-state index contributed by atoms with van der Waals surface area (Å²) in [6.45, 7) is 0. The van der Waals surface area contributed by atoms with Crippen molar-refractivity contribution >= 4 is 17.9 Å². The van der Waals surface area contributed by atoms with E-state index >= 15 is 0 Å². The molecule has 0 saturated heterocycles. The molecule has 1 aromatic rings. The van der Waals surface area contributed by atoms with Gasteiger partial charge in [-0.15, -0.1) is 0 Å². The van der Waals surface area contributed by atoms with E-state index in [9.17, 15) is 4.79 Å². The molecule has 0 amide bonds. The summed E-state index contributed by atoms with van der Waals surface area (Å²) in [5.41, 5.74) is 0.744. The molecule has 1 heterocycles. The molecule has 0 radical (unpaired) electrons. The summed E-state index contributed by atoms with van der Waals surface area (Å²) >= 11 is 5.77. The van der Waals surface area contributed by atoms with Crippen molar-refractivity contribution in [2.45, 2.75) is 18.8 Å². The molecule has 0 aromatic carbocycles. The van der Waals surface area contributed by atoms with Crippen LogP contribution >= 0.6 is 11.6 Å². The van der Waals surface area contributed by atoms with Gasteiger partial charge in [0.15, 0.2) is 6.29 Å². The smallest absolute Gasteiger partial charge is 0.218 e.